The molecule has 1 amide bonds. The molecule has 1 N–H and O–H groups in total. The van der Waals surface area contributed by atoms with Gasteiger partial charge in [0.1, 0.15) is 0 Å². The summed E-state index contributed by atoms with van der Waals surface area (Å²) >= 11 is 0. The molecule has 0 aromatic carbocycles. The van der Waals surface area contributed by atoms with Crippen LogP contribution in [0.25, 0.3) is 0 Å². The number of carbonyl (C=O) groups excluding carboxylic acids is 1. The average molecular weight is 263 g/mol. The summed E-state index contributed by atoms with van der Waals surface area (Å²) in [6, 6.07) is 0. The predicted octanol–water partition coefficient (Wildman–Crippen LogP) is 2.84. The van der Waals surface area contributed by atoms with Gasteiger partial charge in [-0.15, -0.1) is 0 Å². The number of anilines is 1. The maximum atomic E-state index is 12.5. The van der Waals surface area contributed by atoms with Gasteiger partial charge in [-0.2, -0.15) is 13.2 Å². The SMILES string of the molecule is CCCCOC(=O)Nc1nccnc1C(F)(F)F. The van der Waals surface area contributed by atoms with E-state index in [0.29, 0.717) is 6.42 Å². The first-order chi connectivity index (χ1) is 8.45. The van der Waals surface area contributed by atoms with Crippen molar-refractivity contribution in [2.45, 2.75) is 25.9 Å². The van der Waals surface area contributed by atoms with Crippen LogP contribution >= 0.6 is 0 Å². The molecule has 1 rings (SSSR count). The maximum Gasteiger partial charge on any atom is 0.437 e. The Morgan fingerprint density at radius 2 is 2.06 bits per heavy atom. The van der Waals surface area contributed by atoms with Gasteiger partial charge in [0, 0.05) is 12.4 Å². The molecule has 0 unspecified atom stereocenters. The first-order valence-corrected chi connectivity index (χ1v) is 5.27. The number of ether oxygens (including phenoxy) is 1. The molecule has 0 spiro atoms. The second kappa shape index (κ2) is 6.18. The van der Waals surface area contributed by atoms with E-state index in [9.17, 15) is 18.0 Å². The van der Waals surface area contributed by atoms with Crippen LogP contribution in [0.2, 0.25) is 0 Å². The zero-order chi connectivity index (χ0) is 13.6. The molecule has 1 aromatic heterocycles. The number of alkyl halides is 3. The molecule has 1 heterocycles. The fraction of sp³-hybridized carbons (Fsp3) is 0.500. The second-order valence-electron chi connectivity index (χ2n) is 3.37. The van der Waals surface area contributed by atoms with Crippen LogP contribution in [0.15, 0.2) is 12.4 Å². The molecule has 5 nitrogen and oxygen atoms in total. The summed E-state index contributed by atoms with van der Waals surface area (Å²) in [5.74, 6) is -0.661. The molecule has 100 valence electrons. The summed E-state index contributed by atoms with van der Waals surface area (Å²) in [7, 11) is 0. The van der Waals surface area contributed by atoms with Crippen molar-refractivity contribution in [3.8, 4) is 0 Å². The van der Waals surface area contributed by atoms with E-state index in [2.05, 4.69) is 14.7 Å². The van der Waals surface area contributed by atoms with Crippen molar-refractivity contribution in [3.63, 3.8) is 0 Å². The van der Waals surface area contributed by atoms with Gasteiger partial charge >= 0.3 is 12.3 Å². The topological polar surface area (TPSA) is 64.1 Å². The highest BCUT2D eigenvalue weighted by Crippen LogP contribution is 2.31. The number of amides is 1. The first-order valence-electron chi connectivity index (χ1n) is 5.27. The summed E-state index contributed by atoms with van der Waals surface area (Å²) in [6.07, 6.45) is -2.26. The van der Waals surface area contributed by atoms with Crippen molar-refractivity contribution in [1.82, 2.24) is 9.97 Å². The van der Waals surface area contributed by atoms with Gasteiger partial charge < -0.3 is 4.74 Å². The van der Waals surface area contributed by atoms with Crippen LogP contribution in [0.3, 0.4) is 0 Å². The van der Waals surface area contributed by atoms with E-state index in [0.717, 1.165) is 18.8 Å². The lowest BCUT2D eigenvalue weighted by atomic mass is 10.4. The fourth-order valence-corrected chi connectivity index (χ4v) is 1.08. The Balaban J connectivity index is 2.70. The second-order valence-corrected chi connectivity index (χ2v) is 3.37. The van der Waals surface area contributed by atoms with E-state index < -0.39 is 23.8 Å². The Hall–Kier alpha value is -1.86. The Morgan fingerprint density at radius 1 is 1.39 bits per heavy atom. The highest BCUT2D eigenvalue weighted by atomic mass is 19.4. The van der Waals surface area contributed by atoms with Crippen LogP contribution in [0.1, 0.15) is 25.5 Å². The Kier molecular flexibility index (Phi) is 4.87. The Labute approximate surface area is 101 Å². The monoisotopic (exact) mass is 263 g/mol. The number of hydrogen-bond donors (Lipinski definition) is 1. The van der Waals surface area contributed by atoms with Crippen molar-refractivity contribution < 1.29 is 22.7 Å². The third-order valence-corrected chi connectivity index (χ3v) is 1.92. The molecule has 0 aliphatic heterocycles. The van der Waals surface area contributed by atoms with Gasteiger partial charge in [-0.25, -0.2) is 14.8 Å². The van der Waals surface area contributed by atoms with Gasteiger partial charge in [-0.05, 0) is 6.42 Å². The minimum Gasteiger partial charge on any atom is -0.449 e. The maximum absolute atomic E-state index is 12.5. The van der Waals surface area contributed by atoms with Gasteiger partial charge in [-0.3, -0.25) is 5.32 Å². The molecule has 0 atom stereocenters. The van der Waals surface area contributed by atoms with Crippen molar-refractivity contribution in [1.29, 1.82) is 0 Å². The normalized spacial score (nSPS) is 11.1. The predicted molar refractivity (Wildman–Crippen MR) is 56.9 cm³/mol. The third kappa shape index (κ3) is 4.19. The van der Waals surface area contributed by atoms with Crippen LogP contribution < -0.4 is 5.32 Å². The molecule has 0 aliphatic carbocycles. The highest BCUT2D eigenvalue weighted by molar-refractivity contribution is 5.83. The van der Waals surface area contributed by atoms with E-state index in [1.807, 2.05) is 12.2 Å². The lowest BCUT2D eigenvalue weighted by Crippen LogP contribution is -2.20. The van der Waals surface area contributed by atoms with E-state index >= 15 is 0 Å². The minimum atomic E-state index is -4.68. The summed E-state index contributed by atoms with van der Waals surface area (Å²) in [6.45, 7) is 2.04. The summed E-state index contributed by atoms with van der Waals surface area (Å²) < 4.78 is 42.2. The van der Waals surface area contributed by atoms with E-state index in [4.69, 9.17) is 0 Å². The van der Waals surface area contributed by atoms with Gasteiger partial charge in [0.15, 0.2) is 11.5 Å². The fourth-order valence-electron chi connectivity index (χ4n) is 1.08. The summed E-state index contributed by atoms with van der Waals surface area (Å²) in [5, 5.41) is 1.92. The van der Waals surface area contributed by atoms with Crippen LogP contribution in [0.4, 0.5) is 23.8 Å². The van der Waals surface area contributed by atoms with Crippen LogP contribution in [-0.2, 0) is 10.9 Å². The molecule has 0 saturated heterocycles. The minimum absolute atomic E-state index is 0.143. The standard InChI is InChI=1S/C10H12F3N3O2/c1-2-3-6-18-9(17)16-8-7(10(11,12)13)14-4-5-15-8/h4-5H,2-3,6H2,1H3,(H,15,16,17). The van der Waals surface area contributed by atoms with E-state index in [1.54, 1.807) is 0 Å². The quantitative estimate of drug-likeness (QED) is 0.848. The molecular formula is C10H12F3N3O2. The largest absolute Gasteiger partial charge is 0.449 e. The van der Waals surface area contributed by atoms with Crippen LogP contribution in [0.5, 0.6) is 0 Å². The van der Waals surface area contributed by atoms with E-state index in [-0.39, 0.29) is 6.61 Å². The van der Waals surface area contributed by atoms with Gasteiger partial charge in [0.05, 0.1) is 6.61 Å². The number of halogens is 3. The van der Waals surface area contributed by atoms with Crippen LogP contribution in [0, 0.1) is 0 Å². The number of nitrogens with one attached hydrogen (secondary N) is 1. The number of rotatable bonds is 4. The molecule has 1 aromatic rings. The zero-order valence-corrected chi connectivity index (χ0v) is 9.62. The molecule has 0 fully saturated rings. The van der Waals surface area contributed by atoms with Crippen molar-refractivity contribution >= 4 is 11.9 Å². The molecule has 0 aliphatic rings. The lowest BCUT2D eigenvalue weighted by molar-refractivity contribution is -0.140. The number of aromatic nitrogens is 2. The number of hydrogen-bond acceptors (Lipinski definition) is 4. The zero-order valence-electron chi connectivity index (χ0n) is 9.62. The van der Waals surface area contributed by atoms with Crippen molar-refractivity contribution in [3.05, 3.63) is 18.1 Å². The van der Waals surface area contributed by atoms with Gasteiger partial charge in [0.2, 0.25) is 0 Å². The Morgan fingerprint density at radius 3 is 2.67 bits per heavy atom. The smallest absolute Gasteiger partial charge is 0.437 e. The number of unbranched alkanes of at least 4 members (excludes halogenated alkanes) is 1. The van der Waals surface area contributed by atoms with Crippen molar-refractivity contribution in [2.75, 3.05) is 11.9 Å². The average Bonchev–Trinajstić information content (AvgIpc) is 2.28. The molecule has 0 radical (unpaired) electrons. The van der Waals surface area contributed by atoms with Gasteiger partial charge in [0.25, 0.3) is 0 Å². The Bertz CT molecular complexity index is 410. The summed E-state index contributed by atoms with van der Waals surface area (Å²) in [4.78, 5) is 17.8. The lowest BCUT2D eigenvalue weighted by Gasteiger charge is -2.11. The molecule has 18 heavy (non-hydrogen) atoms. The molecular weight excluding hydrogens is 251 g/mol. The van der Waals surface area contributed by atoms with Crippen molar-refractivity contribution in [2.24, 2.45) is 0 Å². The third-order valence-electron chi connectivity index (χ3n) is 1.92. The highest BCUT2D eigenvalue weighted by Gasteiger charge is 2.36. The number of nitrogens with zero attached hydrogens (tertiary/aromatic N) is 2. The van der Waals surface area contributed by atoms with E-state index in [1.165, 1.54) is 0 Å². The molecule has 0 saturated carbocycles. The summed E-state index contributed by atoms with van der Waals surface area (Å²) in [5.41, 5.74) is -1.25. The molecule has 8 heteroatoms. The van der Waals surface area contributed by atoms with Gasteiger partial charge in [-0.1, -0.05) is 13.3 Å². The first kappa shape index (κ1) is 14.2. The molecule has 0 bridgehead atoms. The van der Waals surface area contributed by atoms with Crippen LogP contribution in [-0.4, -0.2) is 22.7 Å². The number of carbonyl (C=O) groups is 1.